The lowest BCUT2D eigenvalue weighted by atomic mass is 10.1. The molecular weight excluding hydrogens is 376 g/mol. The topological polar surface area (TPSA) is 87.9 Å². The summed E-state index contributed by atoms with van der Waals surface area (Å²) in [7, 11) is 0. The molecule has 0 aliphatic carbocycles. The number of nitrogens with one attached hydrogen (secondary N) is 1. The largest absolute Gasteiger partial charge is 0.481 e. The van der Waals surface area contributed by atoms with E-state index in [9.17, 15) is 4.79 Å². The second-order valence-corrected chi connectivity index (χ2v) is 6.71. The Kier molecular flexibility index (Phi) is 5.35. The second kappa shape index (κ2) is 8.41. The second-order valence-electron chi connectivity index (χ2n) is 6.71. The van der Waals surface area contributed by atoms with Crippen LogP contribution in [0.3, 0.4) is 0 Å². The smallest absolute Gasteiger partial charge is 0.265 e. The van der Waals surface area contributed by atoms with E-state index in [1.54, 1.807) is 49.5 Å². The van der Waals surface area contributed by atoms with E-state index in [-0.39, 0.29) is 5.91 Å². The molecule has 1 amide bonds. The molecule has 0 saturated carbocycles. The number of aromatic nitrogens is 2. The molecule has 146 valence electrons. The number of hydrogen-bond donors (Lipinski definition) is 1. The number of para-hydroxylation sites is 2. The zero-order valence-corrected chi connectivity index (χ0v) is 16.2. The van der Waals surface area contributed by atoms with E-state index in [0.717, 1.165) is 22.3 Å². The van der Waals surface area contributed by atoms with E-state index in [1.165, 1.54) is 0 Å². The Morgan fingerprint density at radius 1 is 1.00 bits per heavy atom. The van der Waals surface area contributed by atoms with Crippen molar-refractivity contribution >= 4 is 22.6 Å². The van der Waals surface area contributed by atoms with Crippen LogP contribution < -0.4 is 10.1 Å². The predicted molar refractivity (Wildman–Crippen MR) is 115 cm³/mol. The standard InChI is InChI=1S/C24H18N4O2/c1-16(24(29)27-19-10-6-17(14-25)7-11-19)30-20-12-8-18(9-13-20)23-15-26-21-4-2-3-5-22(21)28-23/h2-13,15-16H,1H3,(H,27,29)/t16-/m0/s1. The fourth-order valence-electron chi connectivity index (χ4n) is 2.93. The van der Waals surface area contributed by atoms with E-state index < -0.39 is 6.10 Å². The monoisotopic (exact) mass is 394 g/mol. The Morgan fingerprint density at radius 2 is 1.70 bits per heavy atom. The number of nitriles is 1. The summed E-state index contributed by atoms with van der Waals surface area (Å²) in [5.74, 6) is 0.305. The van der Waals surface area contributed by atoms with E-state index in [0.29, 0.717) is 17.0 Å². The van der Waals surface area contributed by atoms with Crippen molar-refractivity contribution in [2.75, 3.05) is 5.32 Å². The number of amides is 1. The molecule has 0 spiro atoms. The number of ether oxygens (including phenoxy) is 1. The van der Waals surface area contributed by atoms with Crippen LogP contribution >= 0.6 is 0 Å². The van der Waals surface area contributed by atoms with Gasteiger partial charge in [0, 0.05) is 11.3 Å². The molecule has 30 heavy (non-hydrogen) atoms. The highest BCUT2D eigenvalue weighted by atomic mass is 16.5. The van der Waals surface area contributed by atoms with Crippen LogP contribution in [0, 0.1) is 11.3 Å². The Labute approximate surface area is 173 Å². The average Bonchev–Trinajstić information content (AvgIpc) is 2.79. The molecule has 0 aliphatic rings. The van der Waals surface area contributed by atoms with Crippen molar-refractivity contribution in [3.8, 4) is 23.1 Å². The summed E-state index contributed by atoms with van der Waals surface area (Å²) in [5, 5.41) is 11.6. The SMILES string of the molecule is C[C@H](Oc1ccc(-c2cnc3ccccc3n2)cc1)C(=O)Nc1ccc(C#N)cc1. The fourth-order valence-corrected chi connectivity index (χ4v) is 2.93. The lowest BCUT2D eigenvalue weighted by Gasteiger charge is -2.15. The summed E-state index contributed by atoms with van der Waals surface area (Å²) in [6.45, 7) is 1.68. The van der Waals surface area contributed by atoms with Gasteiger partial charge in [-0.3, -0.25) is 9.78 Å². The first-order valence-electron chi connectivity index (χ1n) is 9.42. The van der Waals surface area contributed by atoms with Crippen LogP contribution in [0.25, 0.3) is 22.3 Å². The lowest BCUT2D eigenvalue weighted by Crippen LogP contribution is -2.30. The Hall–Kier alpha value is -4.24. The third kappa shape index (κ3) is 4.26. The van der Waals surface area contributed by atoms with Gasteiger partial charge in [-0.1, -0.05) is 12.1 Å². The van der Waals surface area contributed by atoms with Gasteiger partial charge in [0.05, 0.1) is 34.6 Å². The van der Waals surface area contributed by atoms with Crippen LogP contribution in [0.4, 0.5) is 5.69 Å². The minimum atomic E-state index is -0.688. The number of carbonyl (C=O) groups is 1. The van der Waals surface area contributed by atoms with Gasteiger partial charge in [-0.05, 0) is 67.6 Å². The number of anilines is 1. The maximum Gasteiger partial charge on any atom is 0.265 e. The van der Waals surface area contributed by atoms with Crippen molar-refractivity contribution in [1.82, 2.24) is 9.97 Å². The quantitative estimate of drug-likeness (QED) is 0.535. The van der Waals surface area contributed by atoms with Gasteiger partial charge in [0.25, 0.3) is 5.91 Å². The Morgan fingerprint density at radius 3 is 2.40 bits per heavy atom. The minimum Gasteiger partial charge on any atom is -0.481 e. The molecule has 3 aromatic carbocycles. The van der Waals surface area contributed by atoms with Crippen LogP contribution in [0.5, 0.6) is 5.75 Å². The molecule has 0 unspecified atom stereocenters. The molecule has 0 aliphatic heterocycles. The third-order valence-corrected chi connectivity index (χ3v) is 4.56. The number of fused-ring (bicyclic) bond motifs is 1. The molecule has 0 radical (unpaired) electrons. The van der Waals surface area contributed by atoms with Crippen molar-refractivity contribution < 1.29 is 9.53 Å². The van der Waals surface area contributed by atoms with Crippen LogP contribution in [0.1, 0.15) is 12.5 Å². The summed E-state index contributed by atoms with van der Waals surface area (Å²) in [5.41, 5.74) is 4.52. The van der Waals surface area contributed by atoms with E-state index in [4.69, 9.17) is 10.00 Å². The highest BCUT2D eigenvalue weighted by Crippen LogP contribution is 2.23. The molecule has 1 atom stereocenters. The summed E-state index contributed by atoms with van der Waals surface area (Å²) in [6, 6.07) is 23.8. The third-order valence-electron chi connectivity index (χ3n) is 4.56. The molecule has 0 bridgehead atoms. The van der Waals surface area contributed by atoms with Gasteiger partial charge in [-0.2, -0.15) is 5.26 Å². The molecule has 0 fully saturated rings. The predicted octanol–water partition coefficient (Wildman–Crippen LogP) is 4.57. The zero-order chi connectivity index (χ0) is 20.9. The van der Waals surface area contributed by atoms with Crippen LogP contribution in [0.2, 0.25) is 0 Å². The molecule has 6 nitrogen and oxygen atoms in total. The molecule has 4 aromatic rings. The fraction of sp³-hybridized carbons (Fsp3) is 0.0833. The van der Waals surface area contributed by atoms with Crippen molar-refractivity contribution in [3.63, 3.8) is 0 Å². The first-order chi connectivity index (χ1) is 14.6. The maximum absolute atomic E-state index is 12.4. The van der Waals surface area contributed by atoms with Crippen LogP contribution in [-0.4, -0.2) is 22.0 Å². The first-order valence-corrected chi connectivity index (χ1v) is 9.42. The summed E-state index contributed by atoms with van der Waals surface area (Å²) in [4.78, 5) is 21.4. The normalized spacial score (nSPS) is 11.5. The molecule has 4 rings (SSSR count). The van der Waals surface area contributed by atoms with Gasteiger partial charge in [-0.25, -0.2) is 4.98 Å². The summed E-state index contributed by atoms with van der Waals surface area (Å²) in [6.07, 6.45) is 1.05. The zero-order valence-electron chi connectivity index (χ0n) is 16.2. The van der Waals surface area contributed by atoms with Crippen molar-refractivity contribution in [2.45, 2.75) is 13.0 Å². The average molecular weight is 394 g/mol. The maximum atomic E-state index is 12.4. The number of benzene rings is 3. The number of rotatable bonds is 5. The highest BCUT2D eigenvalue weighted by Gasteiger charge is 2.15. The number of nitrogens with zero attached hydrogens (tertiary/aromatic N) is 3. The Balaban J connectivity index is 1.41. The van der Waals surface area contributed by atoms with Crippen LogP contribution in [-0.2, 0) is 4.79 Å². The molecule has 1 aromatic heterocycles. The van der Waals surface area contributed by atoms with Crippen molar-refractivity contribution in [3.05, 3.63) is 84.6 Å². The van der Waals surface area contributed by atoms with Gasteiger partial charge < -0.3 is 10.1 Å². The van der Waals surface area contributed by atoms with E-state index >= 15 is 0 Å². The molecule has 1 N–H and O–H groups in total. The molecule has 0 saturated heterocycles. The van der Waals surface area contributed by atoms with E-state index in [2.05, 4.69) is 15.3 Å². The van der Waals surface area contributed by atoms with E-state index in [1.807, 2.05) is 42.5 Å². The number of carbonyl (C=O) groups excluding carboxylic acids is 1. The molecular formula is C24H18N4O2. The minimum absolute atomic E-state index is 0.274. The lowest BCUT2D eigenvalue weighted by molar-refractivity contribution is -0.122. The van der Waals surface area contributed by atoms with Crippen molar-refractivity contribution in [1.29, 1.82) is 5.26 Å². The van der Waals surface area contributed by atoms with Gasteiger partial charge >= 0.3 is 0 Å². The molecule has 1 heterocycles. The first kappa shape index (κ1) is 19.1. The van der Waals surface area contributed by atoms with Crippen LogP contribution in [0.15, 0.2) is 79.0 Å². The van der Waals surface area contributed by atoms with Gasteiger partial charge in [0.1, 0.15) is 5.75 Å². The van der Waals surface area contributed by atoms with Gasteiger partial charge in [0.2, 0.25) is 0 Å². The van der Waals surface area contributed by atoms with Gasteiger partial charge in [-0.15, -0.1) is 0 Å². The summed E-state index contributed by atoms with van der Waals surface area (Å²) < 4.78 is 5.75. The Bertz CT molecular complexity index is 1230. The van der Waals surface area contributed by atoms with Gasteiger partial charge in [0.15, 0.2) is 6.10 Å². The van der Waals surface area contributed by atoms with Crippen molar-refractivity contribution in [2.24, 2.45) is 0 Å². The summed E-state index contributed by atoms with van der Waals surface area (Å²) >= 11 is 0. The molecule has 6 heteroatoms. The highest BCUT2D eigenvalue weighted by molar-refractivity contribution is 5.94. The number of hydrogen-bond acceptors (Lipinski definition) is 5.